The smallest absolute Gasteiger partial charge is 0.388 e. The largest absolute Gasteiger partial charge is 0.455 e. The van der Waals surface area contributed by atoms with Gasteiger partial charge in [-0.2, -0.15) is 8.78 Å². The molecule has 0 aliphatic rings. The average molecular weight is 213 g/mol. The fourth-order valence-corrected chi connectivity index (χ4v) is 1.34. The fraction of sp³-hybridized carbons (Fsp3) is 0.300. The zero-order valence-electron chi connectivity index (χ0n) is 8.04. The highest BCUT2D eigenvalue weighted by molar-refractivity contribution is 5.81. The number of hydrogen-bond donors (Lipinski definition) is 0. The molecule has 0 unspecified atom stereocenters. The molecule has 0 N–H and O–H groups in total. The lowest BCUT2D eigenvalue weighted by Crippen LogP contribution is -2.03. The summed E-state index contributed by atoms with van der Waals surface area (Å²) >= 11 is 0. The Morgan fingerprint density at radius 2 is 2.33 bits per heavy atom. The van der Waals surface area contributed by atoms with E-state index in [2.05, 4.69) is 9.72 Å². The number of hydrogen-bond acceptors (Lipinski definition) is 3. The number of fused-ring (bicyclic) bond motifs is 1. The van der Waals surface area contributed by atoms with E-state index >= 15 is 0 Å². The summed E-state index contributed by atoms with van der Waals surface area (Å²) in [7, 11) is 0. The van der Waals surface area contributed by atoms with E-state index in [0.717, 1.165) is 11.1 Å². The van der Waals surface area contributed by atoms with Crippen molar-refractivity contribution in [1.29, 1.82) is 0 Å². The summed E-state index contributed by atoms with van der Waals surface area (Å²) in [6, 6.07) is 3.48. The number of aryl methyl sites for hydroxylation is 1. The number of nitrogens with zero attached hydrogens (tertiary/aromatic N) is 1. The van der Waals surface area contributed by atoms with Crippen LogP contribution in [0.5, 0.6) is 5.88 Å². The molecule has 0 atom stereocenters. The van der Waals surface area contributed by atoms with Crippen molar-refractivity contribution in [2.24, 2.45) is 0 Å². The van der Waals surface area contributed by atoms with Crippen molar-refractivity contribution in [3.63, 3.8) is 0 Å². The van der Waals surface area contributed by atoms with Gasteiger partial charge in [-0.05, 0) is 12.1 Å². The molecule has 80 valence electrons. The molecular formula is C10H9F2NO2. The lowest BCUT2D eigenvalue weighted by Gasteiger charge is -2.02. The van der Waals surface area contributed by atoms with Crippen LogP contribution in [0.4, 0.5) is 8.78 Å². The van der Waals surface area contributed by atoms with Crippen molar-refractivity contribution in [2.75, 3.05) is 0 Å². The molecule has 5 heteroatoms. The first kappa shape index (κ1) is 9.89. The number of furan rings is 1. The summed E-state index contributed by atoms with van der Waals surface area (Å²) in [4.78, 5) is 3.70. The van der Waals surface area contributed by atoms with Crippen molar-refractivity contribution < 1.29 is 17.9 Å². The molecule has 0 saturated heterocycles. The minimum atomic E-state index is -2.89. The molecule has 0 bridgehead atoms. The van der Waals surface area contributed by atoms with E-state index in [-0.39, 0.29) is 11.5 Å². The summed E-state index contributed by atoms with van der Waals surface area (Å²) in [6.07, 6.45) is 2.11. The maximum absolute atomic E-state index is 12.0. The molecule has 2 aromatic rings. The van der Waals surface area contributed by atoms with Crippen LogP contribution in [0.25, 0.3) is 11.0 Å². The fourth-order valence-electron chi connectivity index (χ4n) is 1.34. The number of aromatic nitrogens is 1. The van der Waals surface area contributed by atoms with Crippen molar-refractivity contribution in [2.45, 2.75) is 20.0 Å². The third-order valence-corrected chi connectivity index (χ3v) is 2.00. The van der Waals surface area contributed by atoms with Gasteiger partial charge in [-0.1, -0.05) is 6.92 Å². The third kappa shape index (κ3) is 1.91. The Balaban J connectivity index is 2.49. The van der Waals surface area contributed by atoms with Crippen LogP contribution in [-0.4, -0.2) is 11.6 Å². The van der Waals surface area contributed by atoms with E-state index in [1.54, 1.807) is 12.1 Å². The molecule has 0 amide bonds. The van der Waals surface area contributed by atoms with Crippen molar-refractivity contribution in [3.8, 4) is 5.88 Å². The van der Waals surface area contributed by atoms with Gasteiger partial charge in [0.1, 0.15) is 5.76 Å². The highest BCUT2D eigenvalue weighted by Gasteiger charge is 2.13. The second-order valence-electron chi connectivity index (χ2n) is 2.98. The Morgan fingerprint density at radius 1 is 1.53 bits per heavy atom. The van der Waals surface area contributed by atoms with Crippen LogP contribution in [0.3, 0.4) is 0 Å². The zero-order valence-corrected chi connectivity index (χ0v) is 8.04. The van der Waals surface area contributed by atoms with Gasteiger partial charge >= 0.3 is 6.61 Å². The van der Waals surface area contributed by atoms with E-state index in [4.69, 9.17) is 4.42 Å². The first-order valence-corrected chi connectivity index (χ1v) is 4.53. The number of pyridine rings is 1. The molecular weight excluding hydrogens is 204 g/mol. The van der Waals surface area contributed by atoms with Crippen LogP contribution < -0.4 is 4.74 Å². The molecule has 0 aliphatic carbocycles. The monoisotopic (exact) mass is 213 g/mol. The second-order valence-corrected chi connectivity index (χ2v) is 2.98. The van der Waals surface area contributed by atoms with Gasteiger partial charge in [0.2, 0.25) is 0 Å². The Morgan fingerprint density at radius 3 is 3.00 bits per heavy atom. The quantitative estimate of drug-likeness (QED) is 0.786. The first-order chi connectivity index (χ1) is 7.20. The van der Waals surface area contributed by atoms with Crippen molar-refractivity contribution in [1.82, 2.24) is 4.98 Å². The summed E-state index contributed by atoms with van der Waals surface area (Å²) in [5.41, 5.74) is 0.273. The second kappa shape index (κ2) is 3.84. The summed E-state index contributed by atoms with van der Waals surface area (Å²) < 4.78 is 33.6. The van der Waals surface area contributed by atoms with Crippen LogP contribution in [0.1, 0.15) is 12.7 Å². The van der Waals surface area contributed by atoms with E-state index in [9.17, 15) is 8.78 Å². The molecule has 2 heterocycles. The molecule has 2 aromatic heterocycles. The Bertz CT molecular complexity index is 467. The van der Waals surface area contributed by atoms with Crippen molar-refractivity contribution >= 4 is 11.0 Å². The Hall–Kier alpha value is -1.65. The number of rotatable bonds is 3. The SMILES string of the molecule is CCc1cc2ccnc(OC(F)F)c2o1. The summed E-state index contributed by atoms with van der Waals surface area (Å²) in [5, 5.41) is 0.720. The predicted molar refractivity (Wildman–Crippen MR) is 50.0 cm³/mol. The van der Waals surface area contributed by atoms with E-state index in [1.165, 1.54) is 6.20 Å². The number of ether oxygens (including phenoxy) is 1. The minimum absolute atomic E-state index is 0.165. The van der Waals surface area contributed by atoms with Gasteiger partial charge in [0, 0.05) is 18.0 Å². The van der Waals surface area contributed by atoms with Crippen molar-refractivity contribution in [3.05, 3.63) is 24.1 Å². The van der Waals surface area contributed by atoms with Crippen LogP contribution in [0, 0.1) is 0 Å². The summed E-state index contributed by atoms with van der Waals surface area (Å²) in [5.74, 6) is 0.555. The maximum Gasteiger partial charge on any atom is 0.388 e. The molecule has 2 rings (SSSR count). The Labute approximate surface area is 84.7 Å². The van der Waals surface area contributed by atoms with Gasteiger partial charge in [-0.15, -0.1) is 0 Å². The molecule has 0 spiro atoms. The minimum Gasteiger partial charge on any atom is -0.455 e. The maximum atomic E-state index is 12.0. The van der Waals surface area contributed by atoms with Crippen LogP contribution >= 0.6 is 0 Å². The van der Waals surface area contributed by atoms with E-state index < -0.39 is 6.61 Å². The van der Waals surface area contributed by atoms with E-state index in [1.807, 2.05) is 6.92 Å². The topological polar surface area (TPSA) is 35.3 Å². The van der Waals surface area contributed by atoms with Gasteiger partial charge < -0.3 is 9.15 Å². The average Bonchev–Trinajstić information content (AvgIpc) is 2.61. The lowest BCUT2D eigenvalue weighted by atomic mass is 10.3. The lowest BCUT2D eigenvalue weighted by molar-refractivity contribution is -0.0523. The molecule has 0 fully saturated rings. The standard InChI is InChI=1S/C10H9F2NO2/c1-2-7-5-6-3-4-13-9(8(6)14-7)15-10(11)12/h3-5,10H,2H2,1H3. The highest BCUT2D eigenvalue weighted by atomic mass is 19.3. The number of alkyl halides is 2. The molecule has 0 radical (unpaired) electrons. The first-order valence-electron chi connectivity index (χ1n) is 4.53. The van der Waals surface area contributed by atoms with Gasteiger partial charge in [0.05, 0.1) is 0 Å². The zero-order chi connectivity index (χ0) is 10.8. The molecule has 15 heavy (non-hydrogen) atoms. The molecule has 0 aliphatic heterocycles. The van der Waals surface area contributed by atoms with Crippen LogP contribution in [-0.2, 0) is 6.42 Å². The van der Waals surface area contributed by atoms with Gasteiger partial charge in [-0.25, -0.2) is 4.98 Å². The number of halogens is 2. The predicted octanol–water partition coefficient (Wildman–Crippen LogP) is 2.99. The normalized spacial score (nSPS) is 11.2. The highest BCUT2D eigenvalue weighted by Crippen LogP contribution is 2.27. The van der Waals surface area contributed by atoms with Crippen LogP contribution in [0.2, 0.25) is 0 Å². The van der Waals surface area contributed by atoms with Gasteiger partial charge in [0.15, 0.2) is 5.58 Å². The van der Waals surface area contributed by atoms with Gasteiger partial charge in [-0.3, -0.25) is 0 Å². The molecule has 0 aromatic carbocycles. The van der Waals surface area contributed by atoms with Crippen LogP contribution in [0.15, 0.2) is 22.7 Å². The summed E-state index contributed by atoms with van der Waals surface area (Å²) in [6.45, 7) is -0.975. The molecule has 0 saturated carbocycles. The third-order valence-electron chi connectivity index (χ3n) is 2.00. The Kier molecular flexibility index (Phi) is 2.53. The molecule has 3 nitrogen and oxygen atoms in total. The van der Waals surface area contributed by atoms with E-state index in [0.29, 0.717) is 6.42 Å². The van der Waals surface area contributed by atoms with Gasteiger partial charge in [0.25, 0.3) is 5.88 Å².